The van der Waals surface area contributed by atoms with E-state index in [-0.39, 0.29) is 18.6 Å². The Morgan fingerprint density at radius 2 is 2.04 bits per heavy atom. The molecule has 0 bridgehead atoms. The Labute approximate surface area is 158 Å². The standard InChI is InChI=1S/C20H23ClN2O3/c1-12-9-18(14(3)23(12)17-7-8-17)20(25)26-11-19(24)22-13(2)15-5-4-6-16(21)10-15/h4-6,9-10,13,17H,7-8,11H2,1-3H3,(H,22,24)/t13-/m0/s1. The van der Waals surface area contributed by atoms with E-state index in [0.717, 1.165) is 29.8 Å². The zero-order valence-electron chi connectivity index (χ0n) is 15.2. The third kappa shape index (κ3) is 4.10. The van der Waals surface area contributed by atoms with Crippen LogP contribution >= 0.6 is 11.6 Å². The first-order valence-corrected chi connectivity index (χ1v) is 9.15. The summed E-state index contributed by atoms with van der Waals surface area (Å²) in [7, 11) is 0. The maximum atomic E-state index is 12.3. The lowest BCUT2D eigenvalue weighted by Crippen LogP contribution is -2.31. The lowest BCUT2D eigenvalue weighted by atomic mass is 10.1. The van der Waals surface area contributed by atoms with Gasteiger partial charge in [0.2, 0.25) is 0 Å². The van der Waals surface area contributed by atoms with E-state index in [0.29, 0.717) is 16.6 Å². The van der Waals surface area contributed by atoms with Crippen molar-refractivity contribution in [3.05, 3.63) is 57.9 Å². The third-order valence-electron chi connectivity index (χ3n) is 4.68. The van der Waals surface area contributed by atoms with Gasteiger partial charge in [-0.1, -0.05) is 23.7 Å². The van der Waals surface area contributed by atoms with Crippen LogP contribution < -0.4 is 5.32 Å². The minimum absolute atomic E-state index is 0.222. The second-order valence-corrected chi connectivity index (χ2v) is 7.24. The van der Waals surface area contributed by atoms with Gasteiger partial charge in [-0.3, -0.25) is 4.79 Å². The molecule has 1 saturated carbocycles. The number of esters is 1. The fourth-order valence-electron chi connectivity index (χ4n) is 3.23. The Kier molecular flexibility index (Phi) is 5.37. The molecule has 1 aromatic heterocycles. The number of hydrogen-bond donors (Lipinski definition) is 1. The molecule has 1 heterocycles. The molecule has 1 fully saturated rings. The second kappa shape index (κ2) is 7.54. The smallest absolute Gasteiger partial charge is 0.340 e. The molecule has 5 nitrogen and oxygen atoms in total. The van der Waals surface area contributed by atoms with Crippen LogP contribution in [0.2, 0.25) is 5.02 Å². The molecule has 0 spiro atoms. The summed E-state index contributed by atoms with van der Waals surface area (Å²) >= 11 is 5.97. The van der Waals surface area contributed by atoms with Gasteiger partial charge in [0.15, 0.2) is 6.61 Å². The molecule has 138 valence electrons. The van der Waals surface area contributed by atoms with Crippen molar-refractivity contribution in [1.82, 2.24) is 9.88 Å². The number of aromatic nitrogens is 1. The van der Waals surface area contributed by atoms with Crippen molar-refractivity contribution < 1.29 is 14.3 Å². The van der Waals surface area contributed by atoms with Crippen LogP contribution in [0.15, 0.2) is 30.3 Å². The second-order valence-electron chi connectivity index (χ2n) is 6.81. The van der Waals surface area contributed by atoms with Gasteiger partial charge in [0, 0.05) is 22.5 Å². The number of ether oxygens (including phenoxy) is 1. The van der Waals surface area contributed by atoms with Gasteiger partial charge in [0.1, 0.15) is 0 Å². The SMILES string of the molecule is Cc1cc(C(=O)OCC(=O)N[C@@H](C)c2cccc(Cl)c2)c(C)n1C1CC1. The van der Waals surface area contributed by atoms with Gasteiger partial charge < -0.3 is 14.6 Å². The minimum atomic E-state index is -0.462. The van der Waals surface area contributed by atoms with Gasteiger partial charge in [-0.2, -0.15) is 0 Å². The highest BCUT2D eigenvalue weighted by molar-refractivity contribution is 6.30. The third-order valence-corrected chi connectivity index (χ3v) is 4.91. The summed E-state index contributed by atoms with van der Waals surface area (Å²) in [5.41, 5.74) is 3.38. The van der Waals surface area contributed by atoms with E-state index >= 15 is 0 Å². The van der Waals surface area contributed by atoms with Gasteiger partial charge in [-0.05, 0) is 57.4 Å². The van der Waals surface area contributed by atoms with E-state index in [1.807, 2.05) is 39.0 Å². The number of amides is 1. The number of carbonyl (C=O) groups is 2. The molecule has 6 heteroatoms. The molecule has 0 saturated heterocycles. The van der Waals surface area contributed by atoms with Crippen LogP contribution in [0.5, 0.6) is 0 Å². The number of benzene rings is 1. The Morgan fingerprint density at radius 3 is 2.69 bits per heavy atom. The Morgan fingerprint density at radius 1 is 1.31 bits per heavy atom. The van der Waals surface area contributed by atoms with Gasteiger partial charge in [-0.15, -0.1) is 0 Å². The molecule has 1 N–H and O–H groups in total. The number of nitrogens with zero attached hydrogens (tertiary/aromatic N) is 1. The molecule has 2 aromatic rings. The van der Waals surface area contributed by atoms with E-state index in [2.05, 4.69) is 9.88 Å². The number of carbonyl (C=O) groups excluding carboxylic acids is 2. The predicted molar refractivity (Wildman–Crippen MR) is 100 cm³/mol. The topological polar surface area (TPSA) is 60.3 Å². The summed E-state index contributed by atoms with van der Waals surface area (Å²) < 4.78 is 7.39. The van der Waals surface area contributed by atoms with E-state index in [1.54, 1.807) is 12.1 Å². The predicted octanol–water partition coefficient (Wildman–Crippen LogP) is 4.13. The number of halogens is 1. The first-order valence-electron chi connectivity index (χ1n) is 8.77. The summed E-state index contributed by atoms with van der Waals surface area (Å²) in [6.07, 6.45) is 2.29. The Balaban J connectivity index is 1.56. The number of nitrogens with one attached hydrogen (secondary N) is 1. The molecular weight excluding hydrogens is 352 g/mol. The van der Waals surface area contributed by atoms with Crippen molar-refractivity contribution >= 4 is 23.5 Å². The van der Waals surface area contributed by atoms with Crippen molar-refractivity contribution in [2.24, 2.45) is 0 Å². The van der Waals surface area contributed by atoms with Gasteiger partial charge >= 0.3 is 5.97 Å². The number of aryl methyl sites for hydroxylation is 1. The average molecular weight is 375 g/mol. The van der Waals surface area contributed by atoms with Crippen LogP contribution in [-0.2, 0) is 9.53 Å². The zero-order valence-corrected chi connectivity index (χ0v) is 16.0. The largest absolute Gasteiger partial charge is 0.452 e. The first kappa shape index (κ1) is 18.5. The Hall–Kier alpha value is -2.27. The quantitative estimate of drug-likeness (QED) is 0.773. The molecule has 1 atom stereocenters. The number of rotatable bonds is 6. The normalized spacial score (nSPS) is 14.8. The maximum Gasteiger partial charge on any atom is 0.340 e. The Bertz CT molecular complexity index is 840. The molecule has 1 aromatic carbocycles. The minimum Gasteiger partial charge on any atom is -0.452 e. The van der Waals surface area contributed by atoms with Crippen LogP contribution in [0, 0.1) is 13.8 Å². The van der Waals surface area contributed by atoms with Crippen LogP contribution in [0.3, 0.4) is 0 Å². The van der Waals surface area contributed by atoms with E-state index in [9.17, 15) is 9.59 Å². The summed E-state index contributed by atoms with van der Waals surface area (Å²) in [6, 6.07) is 9.40. The van der Waals surface area contributed by atoms with Crippen LogP contribution in [0.25, 0.3) is 0 Å². The molecule has 1 aliphatic rings. The van der Waals surface area contributed by atoms with Crippen molar-refractivity contribution in [2.45, 2.75) is 45.7 Å². The van der Waals surface area contributed by atoms with E-state index in [1.165, 1.54) is 0 Å². The maximum absolute atomic E-state index is 12.3. The molecule has 26 heavy (non-hydrogen) atoms. The molecule has 1 aliphatic carbocycles. The van der Waals surface area contributed by atoms with Crippen molar-refractivity contribution in [1.29, 1.82) is 0 Å². The van der Waals surface area contributed by atoms with E-state index < -0.39 is 5.97 Å². The van der Waals surface area contributed by atoms with E-state index in [4.69, 9.17) is 16.3 Å². The monoisotopic (exact) mass is 374 g/mol. The molecular formula is C20H23ClN2O3. The van der Waals surface area contributed by atoms with Gasteiger partial charge in [0.05, 0.1) is 11.6 Å². The lowest BCUT2D eigenvalue weighted by molar-refractivity contribution is -0.124. The highest BCUT2D eigenvalue weighted by atomic mass is 35.5. The van der Waals surface area contributed by atoms with Crippen molar-refractivity contribution in [2.75, 3.05) is 6.61 Å². The fraction of sp³-hybridized carbons (Fsp3) is 0.400. The summed E-state index contributed by atoms with van der Waals surface area (Å²) in [4.78, 5) is 24.4. The molecule has 0 aliphatic heterocycles. The summed E-state index contributed by atoms with van der Waals surface area (Å²) in [6.45, 7) is 5.45. The molecule has 0 unspecified atom stereocenters. The molecule has 0 radical (unpaired) electrons. The van der Waals surface area contributed by atoms with Gasteiger partial charge in [0.25, 0.3) is 5.91 Å². The first-order chi connectivity index (χ1) is 12.4. The summed E-state index contributed by atoms with van der Waals surface area (Å²) in [5.74, 6) is -0.808. The highest BCUT2D eigenvalue weighted by Gasteiger charge is 2.28. The molecule has 3 rings (SSSR count). The van der Waals surface area contributed by atoms with Crippen molar-refractivity contribution in [3.63, 3.8) is 0 Å². The molecule has 1 amide bonds. The zero-order chi connectivity index (χ0) is 18.8. The van der Waals surface area contributed by atoms with Crippen molar-refractivity contribution in [3.8, 4) is 0 Å². The fourth-order valence-corrected chi connectivity index (χ4v) is 3.43. The number of hydrogen-bond acceptors (Lipinski definition) is 3. The lowest BCUT2D eigenvalue weighted by Gasteiger charge is -2.14. The van der Waals surface area contributed by atoms with Gasteiger partial charge in [-0.25, -0.2) is 4.79 Å². The van der Waals surface area contributed by atoms with Crippen LogP contribution in [0.4, 0.5) is 0 Å². The van der Waals surface area contributed by atoms with Crippen LogP contribution in [-0.4, -0.2) is 23.1 Å². The average Bonchev–Trinajstić information content (AvgIpc) is 3.38. The highest BCUT2D eigenvalue weighted by Crippen LogP contribution is 2.38. The van der Waals surface area contributed by atoms with Crippen LogP contribution in [0.1, 0.15) is 59.2 Å². The summed E-state index contributed by atoms with van der Waals surface area (Å²) in [5, 5.41) is 3.42.